The molecule has 2 aliphatic carbocycles. The van der Waals surface area contributed by atoms with Gasteiger partial charge in [-0.05, 0) is 62.9 Å². The highest BCUT2D eigenvalue weighted by Crippen LogP contribution is 2.36. The summed E-state index contributed by atoms with van der Waals surface area (Å²) in [6, 6.07) is 6.70. The van der Waals surface area contributed by atoms with Crippen LogP contribution in [0.15, 0.2) is 45.9 Å². The molecule has 0 bridgehead atoms. The van der Waals surface area contributed by atoms with Crippen LogP contribution in [0.4, 0.5) is 4.39 Å². The summed E-state index contributed by atoms with van der Waals surface area (Å²) in [6.45, 7) is 1.87. The van der Waals surface area contributed by atoms with Crippen LogP contribution >= 0.6 is 0 Å². The molecule has 1 N–H and O–H groups in total. The maximum atomic E-state index is 14.2. The third-order valence-corrected chi connectivity index (χ3v) is 6.45. The highest BCUT2D eigenvalue weighted by Gasteiger charge is 2.38. The average Bonchev–Trinajstić information content (AvgIpc) is 3.56. The van der Waals surface area contributed by atoms with E-state index in [0.717, 1.165) is 37.8 Å². The molecule has 1 amide bonds. The Bertz CT molecular complexity index is 950. The standard InChI is InChI=1S/C19H21FN2O4S/c1-12(17-3-2-10-26-17)22(15-7-8-15)19(23)13-4-9-16(20)18(11-13)27(24,25)21-14-5-6-14/h2-4,9-12,14-15,21H,5-8H2,1H3. The van der Waals surface area contributed by atoms with Gasteiger partial charge in [-0.25, -0.2) is 17.5 Å². The Labute approximate surface area is 157 Å². The lowest BCUT2D eigenvalue weighted by Crippen LogP contribution is -2.35. The molecule has 1 aromatic heterocycles. The highest BCUT2D eigenvalue weighted by molar-refractivity contribution is 7.89. The molecule has 1 unspecified atom stereocenters. The maximum Gasteiger partial charge on any atom is 0.254 e. The van der Waals surface area contributed by atoms with E-state index in [-0.39, 0.29) is 29.6 Å². The molecule has 144 valence electrons. The molecular formula is C19H21FN2O4S. The van der Waals surface area contributed by atoms with Gasteiger partial charge in [-0.1, -0.05) is 0 Å². The van der Waals surface area contributed by atoms with Gasteiger partial charge in [0.1, 0.15) is 16.5 Å². The number of furan rings is 1. The molecule has 2 saturated carbocycles. The zero-order chi connectivity index (χ0) is 19.2. The Morgan fingerprint density at radius 3 is 2.59 bits per heavy atom. The number of amides is 1. The van der Waals surface area contributed by atoms with Crippen molar-refractivity contribution < 1.29 is 22.0 Å². The summed E-state index contributed by atoms with van der Waals surface area (Å²) < 4.78 is 46.9. The minimum atomic E-state index is -3.99. The topological polar surface area (TPSA) is 79.6 Å². The van der Waals surface area contributed by atoms with Gasteiger partial charge in [-0.3, -0.25) is 4.79 Å². The fourth-order valence-corrected chi connectivity index (χ4v) is 4.56. The largest absolute Gasteiger partial charge is 0.467 e. The van der Waals surface area contributed by atoms with Crippen molar-refractivity contribution in [3.8, 4) is 0 Å². The van der Waals surface area contributed by atoms with Gasteiger partial charge >= 0.3 is 0 Å². The summed E-state index contributed by atoms with van der Waals surface area (Å²) in [5.74, 6) is -0.540. The van der Waals surface area contributed by atoms with Gasteiger partial charge in [0, 0.05) is 17.6 Å². The second-order valence-electron chi connectivity index (χ2n) is 7.18. The van der Waals surface area contributed by atoms with Crippen molar-refractivity contribution in [1.82, 2.24) is 9.62 Å². The predicted octanol–water partition coefficient (Wildman–Crippen LogP) is 3.23. The van der Waals surface area contributed by atoms with E-state index in [1.165, 1.54) is 6.07 Å². The summed E-state index contributed by atoms with van der Waals surface area (Å²) in [5.41, 5.74) is 0.151. The molecule has 27 heavy (non-hydrogen) atoms. The monoisotopic (exact) mass is 392 g/mol. The lowest BCUT2D eigenvalue weighted by Gasteiger charge is -2.28. The van der Waals surface area contributed by atoms with Gasteiger partial charge in [-0.2, -0.15) is 0 Å². The summed E-state index contributed by atoms with van der Waals surface area (Å²) in [4.78, 5) is 14.3. The number of halogens is 1. The summed E-state index contributed by atoms with van der Waals surface area (Å²) >= 11 is 0. The minimum absolute atomic E-state index is 0.0762. The number of benzene rings is 1. The van der Waals surface area contributed by atoms with Crippen molar-refractivity contribution in [1.29, 1.82) is 0 Å². The van der Waals surface area contributed by atoms with Crippen molar-refractivity contribution in [2.75, 3.05) is 0 Å². The number of carbonyl (C=O) groups is 1. The Morgan fingerprint density at radius 1 is 1.26 bits per heavy atom. The fourth-order valence-electron chi connectivity index (χ4n) is 3.15. The van der Waals surface area contributed by atoms with Crippen molar-refractivity contribution in [2.24, 2.45) is 0 Å². The van der Waals surface area contributed by atoms with Crippen LogP contribution in [0, 0.1) is 5.82 Å². The van der Waals surface area contributed by atoms with Crippen LogP contribution in [-0.2, 0) is 10.0 Å². The molecule has 2 aromatic rings. The Hall–Kier alpha value is -2.19. The smallest absolute Gasteiger partial charge is 0.254 e. The first kappa shape index (κ1) is 18.2. The Morgan fingerprint density at radius 2 is 2.00 bits per heavy atom. The van der Waals surface area contributed by atoms with E-state index in [0.29, 0.717) is 5.76 Å². The van der Waals surface area contributed by atoms with Gasteiger partial charge in [0.05, 0.1) is 12.3 Å². The van der Waals surface area contributed by atoms with E-state index in [4.69, 9.17) is 4.42 Å². The number of nitrogens with zero attached hydrogens (tertiary/aromatic N) is 1. The third-order valence-electron chi connectivity index (χ3n) is 4.91. The molecule has 0 saturated heterocycles. The minimum Gasteiger partial charge on any atom is -0.467 e. The quantitative estimate of drug-likeness (QED) is 0.785. The van der Waals surface area contributed by atoms with Crippen LogP contribution in [0.5, 0.6) is 0 Å². The first-order chi connectivity index (χ1) is 12.9. The molecule has 4 rings (SSSR count). The van der Waals surface area contributed by atoms with Crippen molar-refractivity contribution >= 4 is 15.9 Å². The second-order valence-corrected chi connectivity index (χ2v) is 8.86. The lowest BCUT2D eigenvalue weighted by atomic mass is 10.1. The number of carbonyl (C=O) groups excluding carboxylic acids is 1. The number of hydrogen-bond acceptors (Lipinski definition) is 4. The van der Waals surface area contributed by atoms with E-state index in [2.05, 4.69) is 4.72 Å². The van der Waals surface area contributed by atoms with E-state index in [1.807, 2.05) is 6.92 Å². The highest BCUT2D eigenvalue weighted by atomic mass is 32.2. The molecule has 1 heterocycles. The molecule has 0 aliphatic heterocycles. The normalized spacial score (nSPS) is 18.3. The molecule has 8 heteroatoms. The van der Waals surface area contributed by atoms with Crippen LogP contribution in [0.1, 0.15) is 54.8 Å². The van der Waals surface area contributed by atoms with Crippen molar-refractivity contribution in [3.63, 3.8) is 0 Å². The summed E-state index contributed by atoms with van der Waals surface area (Å²) in [5, 5.41) is 0. The first-order valence-corrected chi connectivity index (χ1v) is 10.5. The van der Waals surface area contributed by atoms with E-state index < -0.39 is 20.7 Å². The van der Waals surface area contributed by atoms with Crippen molar-refractivity contribution in [2.45, 2.75) is 55.6 Å². The number of rotatable bonds is 7. The van der Waals surface area contributed by atoms with Crippen LogP contribution in [0.2, 0.25) is 0 Å². The second kappa shape index (κ2) is 6.76. The molecule has 2 aliphatic rings. The summed E-state index contributed by atoms with van der Waals surface area (Å²) in [7, 11) is -3.99. The van der Waals surface area contributed by atoms with Crippen LogP contribution < -0.4 is 4.72 Å². The van der Waals surface area contributed by atoms with Gasteiger partial charge < -0.3 is 9.32 Å². The molecule has 2 fully saturated rings. The molecule has 1 atom stereocenters. The number of sulfonamides is 1. The van der Waals surface area contributed by atoms with Crippen LogP contribution in [-0.4, -0.2) is 31.3 Å². The summed E-state index contributed by atoms with van der Waals surface area (Å²) in [6.07, 6.45) is 4.80. The molecule has 0 radical (unpaired) electrons. The first-order valence-electron chi connectivity index (χ1n) is 9.05. The third kappa shape index (κ3) is 3.77. The fraction of sp³-hybridized carbons (Fsp3) is 0.421. The van der Waals surface area contributed by atoms with E-state index in [1.54, 1.807) is 23.3 Å². The predicted molar refractivity (Wildman–Crippen MR) is 96.1 cm³/mol. The molecule has 6 nitrogen and oxygen atoms in total. The van der Waals surface area contributed by atoms with Crippen LogP contribution in [0.25, 0.3) is 0 Å². The van der Waals surface area contributed by atoms with E-state index >= 15 is 0 Å². The molecule has 1 aromatic carbocycles. The van der Waals surface area contributed by atoms with Gasteiger partial charge in [0.25, 0.3) is 5.91 Å². The van der Waals surface area contributed by atoms with Crippen molar-refractivity contribution in [3.05, 3.63) is 53.7 Å². The Balaban J connectivity index is 1.65. The number of nitrogens with one attached hydrogen (secondary N) is 1. The zero-order valence-electron chi connectivity index (χ0n) is 14.9. The SMILES string of the molecule is CC(c1ccco1)N(C(=O)c1ccc(F)c(S(=O)(=O)NC2CC2)c1)C1CC1. The molecule has 0 spiro atoms. The van der Waals surface area contributed by atoms with Gasteiger partial charge in [0.2, 0.25) is 10.0 Å². The lowest BCUT2D eigenvalue weighted by molar-refractivity contribution is 0.0652. The zero-order valence-corrected chi connectivity index (χ0v) is 15.7. The van der Waals surface area contributed by atoms with E-state index in [9.17, 15) is 17.6 Å². The molecular weight excluding hydrogens is 371 g/mol. The van der Waals surface area contributed by atoms with Crippen LogP contribution in [0.3, 0.4) is 0 Å². The van der Waals surface area contributed by atoms with Gasteiger partial charge in [0.15, 0.2) is 0 Å². The Kier molecular flexibility index (Phi) is 4.55. The maximum absolute atomic E-state index is 14.2. The van der Waals surface area contributed by atoms with Gasteiger partial charge in [-0.15, -0.1) is 0 Å². The number of hydrogen-bond donors (Lipinski definition) is 1. The average molecular weight is 392 g/mol.